The van der Waals surface area contributed by atoms with Crippen LogP contribution >= 0.6 is 11.6 Å². The Morgan fingerprint density at radius 2 is 2.04 bits per heavy atom. The van der Waals surface area contributed by atoms with Gasteiger partial charge in [0.25, 0.3) is 0 Å². The van der Waals surface area contributed by atoms with Crippen molar-refractivity contribution in [3.05, 3.63) is 35.1 Å². The molecule has 2 fully saturated rings. The van der Waals surface area contributed by atoms with Gasteiger partial charge in [-0.15, -0.1) is 9.90 Å². The second-order valence-electron chi connectivity index (χ2n) is 6.92. The first-order valence-corrected chi connectivity index (χ1v) is 8.67. The Hall–Kier alpha value is -2.08. The van der Waals surface area contributed by atoms with E-state index < -0.39 is 0 Å². The van der Waals surface area contributed by atoms with Crippen molar-refractivity contribution in [3.8, 4) is 5.69 Å². The lowest BCUT2D eigenvalue weighted by Crippen LogP contribution is -2.63. The zero-order valence-electron chi connectivity index (χ0n) is 13.7. The number of halogens is 1. The number of piperidine rings is 1. The summed E-state index contributed by atoms with van der Waals surface area (Å²) >= 11 is 5.85. The lowest BCUT2D eigenvalue weighted by molar-refractivity contribution is -0.00600. The van der Waals surface area contributed by atoms with Gasteiger partial charge in [-0.05, 0) is 49.8 Å². The summed E-state index contributed by atoms with van der Waals surface area (Å²) < 4.78 is 0. The summed E-state index contributed by atoms with van der Waals surface area (Å²) in [4.78, 5) is 16.1. The van der Waals surface area contributed by atoms with Gasteiger partial charge in [0.1, 0.15) is 0 Å². The number of carbonyl (C=O) groups excluding carboxylic acids is 1. The summed E-state index contributed by atoms with van der Waals surface area (Å²) in [7, 11) is 0. The summed E-state index contributed by atoms with van der Waals surface area (Å²) in [5.41, 5.74) is 2.55. The summed E-state index contributed by atoms with van der Waals surface area (Å²) in [6.07, 6.45) is 4.86. The molecule has 2 aliphatic rings. The van der Waals surface area contributed by atoms with Gasteiger partial charge in [-0.3, -0.25) is 0 Å². The molecule has 6 nitrogen and oxygen atoms in total. The van der Waals surface area contributed by atoms with Gasteiger partial charge in [0.05, 0.1) is 11.9 Å². The second-order valence-corrected chi connectivity index (χ2v) is 7.30. The van der Waals surface area contributed by atoms with Crippen LogP contribution in [0.3, 0.4) is 0 Å². The van der Waals surface area contributed by atoms with Crippen LogP contribution in [0, 0.1) is 12.8 Å². The molecule has 2 atom stereocenters. The number of hydrogen-bond acceptors (Lipinski definition) is 3. The number of amides is 2. The fraction of sp³-hybridized carbons (Fsp3) is 0.471. The molecule has 0 spiro atoms. The number of aryl methyl sites for hydroxylation is 1. The molecule has 2 unspecified atom stereocenters. The second kappa shape index (κ2) is 5.77. The molecule has 1 aromatic heterocycles. The predicted molar refractivity (Wildman–Crippen MR) is 92.6 cm³/mol. The maximum absolute atomic E-state index is 12.6. The van der Waals surface area contributed by atoms with E-state index in [0.29, 0.717) is 17.2 Å². The minimum atomic E-state index is -0.00981. The normalized spacial score (nSPS) is 25.3. The summed E-state index contributed by atoms with van der Waals surface area (Å²) in [6, 6.07) is 6.51. The first-order chi connectivity index (χ1) is 11.5. The third-order valence-electron chi connectivity index (χ3n) is 5.05. The molecule has 4 rings (SSSR count). The first-order valence-electron chi connectivity index (χ1n) is 8.29. The predicted octanol–water partition coefficient (Wildman–Crippen LogP) is 3.63. The highest BCUT2D eigenvalue weighted by molar-refractivity contribution is 6.29. The molecule has 2 aliphatic heterocycles. The maximum Gasteiger partial charge on any atom is 0.322 e. The van der Waals surface area contributed by atoms with Crippen LogP contribution in [0.15, 0.2) is 24.4 Å². The summed E-state index contributed by atoms with van der Waals surface area (Å²) in [6.45, 7) is 4.24. The van der Waals surface area contributed by atoms with Crippen LogP contribution in [0.25, 0.3) is 5.69 Å². The molecular formula is C17H20ClN5O. The smallest absolute Gasteiger partial charge is 0.318 e. The molecule has 0 aliphatic carbocycles. The van der Waals surface area contributed by atoms with Crippen molar-refractivity contribution in [2.45, 2.75) is 45.2 Å². The molecule has 24 heavy (non-hydrogen) atoms. The minimum Gasteiger partial charge on any atom is -0.318 e. The lowest BCUT2D eigenvalue weighted by atomic mass is 9.74. The molecule has 1 aromatic carbocycles. The van der Waals surface area contributed by atoms with Crippen molar-refractivity contribution in [2.75, 3.05) is 5.32 Å². The minimum absolute atomic E-state index is 0.00981. The monoisotopic (exact) mass is 345 g/mol. The summed E-state index contributed by atoms with van der Waals surface area (Å²) in [5, 5.41) is 11.6. The topological polar surface area (TPSA) is 63.1 Å². The average Bonchev–Trinajstić information content (AvgIpc) is 2.95. The van der Waals surface area contributed by atoms with Crippen molar-refractivity contribution in [1.29, 1.82) is 0 Å². The Morgan fingerprint density at radius 1 is 1.29 bits per heavy atom. The van der Waals surface area contributed by atoms with Crippen molar-refractivity contribution in [3.63, 3.8) is 0 Å². The number of nitrogens with one attached hydrogen (secondary N) is 1. The molecule has 2 amide bonds. The Morgan fingerprint density at radius 3 is 2.71 bits per heavy atom. The number of anilines is 1. The third-order valence-corrected chi connectivity index (χ3v) is 5.23. The van der Waals surface area contributed by atoms with Crippen molar-refractivity contribution in [1.82, 2.24) is 19.9 Å². The van der Waals surface area contributed by atoms with E-state index >= 15 is 0 Å². The van der Waals surface area contributed by atoms with Crippen LogP contribution in [0.1, 0.15) is 31.7 Å². The molecule has 126 valence electrons. The third kappa shape index (κ3) is 2.65. The van der Waals surface area contributed by atoms with E-state index in [2.05, 4.69) is 22.4 Å². The largest absolute Gasteiger partial charge is 0.322 e. The van der Waals surface area contributed by atoms with Crippen LogP contribution in [0.4, 0.5) is 10.5 Å². The lowest BCUT2D eigenvalue weighted by Gasteiger charge is -2.54. The van der Waals surface area contributed by atoms with E-state index in [1.807, 2.05) is 30.0 Å². The van der Waals surface area contributed by atoms with Gasteiger partial charge in [0.2, 0.25) is 0 Å². The highest BCUT2D eigenvalue weighted by Crippen LogP contribution is 2.41. The molecule has 2 aromatic rings. The van der Waals surface area contributed by atoms with Gasteiger partial charge >= 0.3 is 6.03 Å². The van der Waals surface area contributed by atoms with Crippen molar-refractivity contribution in [2.24, 2.45) is 5.92 Å². The average molecular weight is 346 g/mol. The van der Waals surface area contributed by atoms with Crippen LogP contribution in [0.5, 0.6) is 0 Å². The van der Waals surface area contributed by atoms with Gasteiger partial charge in [0.15, 0.2) is 5.15 Å². The SMILES string of the molecule is Cc1ccc(NC(=O)N2C3CC(C)CC2C3)cc1-n1ncc(Cl)n1. The zero-order valence-corrected chi connectivity index (χ0v) is 14.5. The van der Waals surface area contributed by atoms with Gasteiger partial charge < -0.3 is 10.2 Å². The van der Waals surface area contributed by atoms with E-state index in [1.165, 1.54) is 11.0 Å². The molecule has 0 radical (unpaired) electrons. The molecule has 3 heterocycles. The van der Waals surface area contributed by atoms with E-state index in [-0.39, 0.29) is 6.03 Å². The van der Waals surface area contributed by atoms with Gasteiger partial charge in [-0.1, -0.05) is 24.6 Å². The van der Waals surface area contributed by atoms with E-state index in [4.69, 9.17) is 11.6 Å². The van der Waals surface area contributed by atoms with Gasteiger partial charge in [-0.25, -0.2) is 4.79 Å². The number of nitrogens with zero attached hydrogens (tertiary/aromatic N) is 4. The number of hydrogen-bond donors (Lipinski definition) is 1. The molecule has 0 saturated carbocycles. The van der Waals surface area contributed by atoms with Crippen LogP contribution in [0.2, 0.25) is 5.15 Å². The number of urea groups is 1. The van der Waals surface area contributed by atoms with Gasteiger partial charge in [-0.2, -0.15) is 5.10 Å². The fourth-order valence-corrected chi connectivity index (χ4v) is 4.04. The maximum atomic E-state index is 12.6. The fourth-order valence-electron chi connectivity index (χ4n) is 3.93. The van der Waals surface area contributed by atoms with Crippen LogP contribution < -0.4 is 5.32 Å². The van der Waals surface area contributed by atoms with Crippen LogP contribution in [-0.2, 0) is 0 Å². The van der Waals surface area contributed by atoms with Crippen LogP contribution in [-0.4, -0.2) is 38.0 Å². The van der Waals surface area contributed by atoms with Crippen molar-refractivity contribution >= 4 is 23.3 Å². The molecule has 2 bridgehead atoms. The van der Waals surface area contributed by atoms with E-state index in [1.54, 1.807) is 0 Å². The quantitative estimate of drug-likeness (QED) is 0.903. The Bertz CT molecular complexity index is 777. The molecule has 7 heteroatoms. The Kier molecular flexibility index (Phi) is 3.72. The van der Waals surface area contributed by atoms with E-state index in [9.17, 15) is 4.79 Å². The molecular weight excluding hydrogens is 326 g/mol. The first kappa shape index (κ1) is 15.4. The summed E-state index contributed by atoms with van der Waals surface area (Å²) in [5.74, 6) is 0.722. The number of benzene rings is 1. The molecule has 1 N–H and O–H groups in total. The zero-order chi connectivity index (χ0) is 16.8. The Labute approximate surface area is 145 Å². The highest BCUT2D eigenvalue weighted by atomic mass is 35.5. The standard InChI is InChI=1S/C17H20ClN5O/c1-10-5-13-8-14(6-10)22(13)17(24)20-12-4-3-11(2)15(7-12)23-19-9-16(18)21-23/h3-4,7,9-10,13-14H,5-6,8H2,1-2H3,(H,20,24). The number of rotatable bonds is 2. The van der Waals surface area contributed by atoms with Crippen molar-refractivity contribution < 1.29 is 4.79 Å². The molecule has 2 saturated heterocycles. The van der Waals surface area contributed by atoms with Gasteiger partial charge in [0, 0.05) is 17.8 Å². The highest BCUT2D eigenvalue weighted by Gasteiger charge is 2.46. The number of fused-ring (bicyclic) bond motifs is 2. The van der Waals surface area contributed by atoms with E-state index in [0.717, 1.165) is 42.1 Å². The Balaban J connectivity index is 1.52. The number of carbonyl (C=O) groups is 1. The number of aromatic nitrogens is 3.